The van der Waals surface area contributed by atoms with E-state index in [-0.39, 0.29) is 5.58 Å². The number of aromatic nitrogens is 2. The van der Waals surface area contributed by atoms with E-state index >= 15 is 0 Å². The summed E-state index contributed by atoms with van der Waals surface area (Å²) in [5.41, 5.74) is 0.475. The van der Waals surface area contributed by atoms with Crippen LogP contribution >= 0.6 is 15.9 Å². The molecular formula is C19H14BrN3O4. The molecule has 8 heteroatoms. The average molecular weight is 428 g/mol. The van der Waals surface area contributed by atoms with Crippen molar-refractivity contribution >= 4 is 43.9 Å². The Morgan fingerprint density at radius 3 is 2.63 bits per heavy atom. The highest BCUT2D eigenvalue weighted by Crippen LogP contribution is 2.23. The predicted octanol–water partition coefficient (Wildman–Crippen LogP) is 2.51. The number of amides is 1. The van der Waals surface area contributed by atoms with Crippen LogP contribution in [0.25, 0.3) is 22.1 Å². The Morgan fingerprint density at radius 1 is 1.11 bits per heavy atom. The van der Waals surface area contributed by atoms with Gasteiger partial charge in [0.25, 0.3) is 5.56 Å². The van der Waals surface area contributed by atoms with E-state index in [1.807, 2.05) is 24.3 Å². The van der Waals surface area contributed by atoms with Gasteiger partial charge in [-0.15, -0.1) is 0 Å². The Kier molecular flexibility index (Phi) is 4.41. The van der Waals surface area contributed by atoms with Crippen LogP contribution in [0, 0.1) is 0 Å². The van der Waals surface area contributed by atoms with Gasteiger partial charge in [0.05, 0.1) is 0 Å². The molecule has 0 saturated carbocycles. The van der Waals surface area contributed by atoms with Crippen LogP contribution in [0.5, 0.6) is 0 Å². The van der Waals surface area contributed by atoms with Crippen LogP contribution in [-0.4, -0.2) is 15.5 Å². The Labute approximate surface area is 160 Å². The number of aromatic amines is 1. The molecule has 0 radical (unpaired) electrons. The molecule has 0 saturated heterocycles. The number of para-hydroxylation sites is 1. The minimum absolute atomic E-state index is 0.0245. The van der Waals surface area contributed by atoms with Crippen molar-refractivity contribution in [2.75, 3.05) is 0 Å². The molecule has 0 fully saturated rings. The quantitative estimate of drug-likeness (QED) is 0.522. The SMILES string of the molecule is O=C(Cn1c(=O)[nH]c2c(oc3ccccc32)c1=O)NCc1ccc(Br)cc1. The molecule has 0 unspecified atom stereocenters. The van der Waals surface area contributed by atoms with Crippen molar-refractivity contribution in [2.45, 2.75) is 13.1 Å². The number of hydrogen-bond acceptors (Lipinski definition) is 4. The summed E-state index contributed by atoms with van der Waals surface area (Å²) in [6.07, 6.45) is 0. The van der Waals surface area contributed by atoms with Crippen LogP contribution in [0.15, 0.2) is 67.0 Å². The number of nitrogens with one attached hydrogen (secondary N) is 2. The Balaban J connectivity index is 1.60. The molecule has 4 aromatic rings. The zero-order valence-electron chi connectivity index (χ0n) is 14.0. The van der Waals surface area contributed by atoms with Crippen molar-refractivity contribution in [2.24, 2.45) is 0 Å². The van der Waals surface area contributed by atoms with Crippen LogP contribution < -0.4 is 16.6 Å². The minimum atomic E-state index is -0.655. The topological polar surface area (TPSA) is 97.1 Å². The van der Waals surface area contributed by atoms with E-state index in [1.54, 1.807) is 24.3 Å². The number of carbonyl (C=O) groups excluding carboxylic acids is 1. The van der Waals surface area contributed by atoms with Crippen molar-refractivity contribution in [1.29, 1.82) is 0 Å². The number of H-pyrrole nitrogens is 1. The van der Waals surface area contributed by atoms with Gasteiger partial charge in [0, 0.05) is 16.4 Å². The van der Waals surface area contributed by atoms with Gasteiger partial charge >= 0.3 is 5.69 Å². The molecule has 27 heavy (non-hydrogen) atoms. The third-order valence-corrected chi connectivity index (χ3v) is 4.75. The van der Waals surface area contributed by atoms with Crippen LogP contribution in [0.4, 0.5) is 0 Å². The van der Waals surface area contributed by atoms with E-state index in [4.69, 9.17) is 4.42 Å². The Bertz CT molecular complexity index is 1270. The second-order valence-electron chi connectivity index (χ2n) is 6.03. The molecule has 0 aliphatic carbocycles. The van der Waals surface area contributed by atoms with Gasteiger partial charge in [-0.25, -0.2) is 9.36 Å². The van der Waals surface area contributed by atoms with Crippen molar-refractivity contribution < 1.29 is 9.21 Å². The largest absolute Gasteiger partial charge is 0.449 e. The summed E-state index contributed by atoms with van der Waals surface area (Å²) < 4.78 is 7.34. The number of halogens is 1. The van der Waals surface area contributed by atoms with E-state index in [2.05, 4.69) is 26.2 Å². The van der Waals surface area contributed by atoms with Crippen molar-refractivity contribution in [1.82, 2.24) is 14.9 Å². The number of hydrogen-bond donors (Lipinski definition) is 2. The highest BCUT2D eigenvalue weighted by atomic mass is 79.9. The normalized spacial score (nSPS) is 11.1. The minimum Gasteiger partial charge on any atom is -0.449 e. The van der Waals surface area contributed by atoms with Crippen LogP contribution in [0.2, 0.25) is 0 Å². The molecule has 2 N–H and O–H groups in total. The van der Waals surface area contributed by atoms with E-state index in [1.165, 1.54) is 0 Å². The predicted molar refractivity (Wildman–Crippen MR) is 105 cm³/mol. The van der Waals surface area contributed by atoms with Gasteiger partial charge in [-0.1, -0.05) is 40.2 Å². The zero-order valence-corrected chi connectivity index (χ0v) is 15.6. The highest BCUT2D eigenvalue weighted by molar-refractivity contribution is 9.10. The van der Waals surface area contributed by atoms with Crippen LogP contribution in [-0.2, 0) is 17.9 Å². The number of carbonyl (C=O) groups is 1. The molecule has 2 aromatic carbocycles. The fourth-order valence-corrected chi connectivity index (χ4v) is 3.12. The van der Waals surface area contributed by atoms with Gasteiger partial charge in [-0.05, 0) is 29.8 Å². The molecule has 0 bridgehead atoms. The van der Waals surface area contributed by atoms with Crippen LogP contribution in [0.1, 0.15) is 5.56 Å². The van der Waals surface area contributed by atoms with Gasteiger partial charge in [-0.2, -0.15) is 0 Å². The summed E-state index contributed by atoms with van der Waals surface area (Å²) in [6.45, 7) is -0.0939. The van der Waals surface area contributed by atoms with Crippen LogP contribution in [0.3, 0.4) is 0 Å². The maximum atomic E-state index is 12.6. The van der Waals surface area contributed by atoms with Crippen molar-refractivity contribution in [3.8, 4) is 0 Å². The van der Waals surface area contributed by atoms with Gasteiger partial charge < -0.3 is 14.7 Å². The number of nitrogens with zero attached hydrogens (tertiary/aromatic N) is 1. The maximum Gasteiger partial charge on any atom is 0.329 e. The molecule has 7 nitrogen and oxygen atoms in total. The van der Waals surface area contributed by atoms with E-state index in [9.17, 15) is 14.4 Å². The molecular weight excluding hydrogens is 414 g/mol. The first-order valence-electron chi connectivity index (χ1n) is 8.18. The molecule has 2 aromatic heterocycles. The summed E-state index contributed by atoms with van der Waals surface area (Å²) in [6, 6.07) is 14.5. The van der Waals surface area contributed by atoms with E-state index in [0.29, 0.717) is 23.0 Å². The monoisotopic (exact) mass is 427 g/mol. The maximum absolute atomic E-state index is 12.6. The smallest absolute Gasteiger partial charge is 0.329 e. The average Bonchev–Trinajstić information content (AvgIpc) is 3.03. The highest BCUT2D eigenvalue weighted by Gasteiger charge is 2.16. The molecule has 0 aliphatic rings. The first kappa shape index (κ1) is 17.3. The second kappa shape index (κ2) is 6.88. The zero-order chi connectivity index (χ0) is 19.0. The van der Waals surface area contributed by atoms with Gasteiger partial charge in [0.1, 0.15) is 17.6 Å². The summed E-state index contributed by atoms with van der Waals surface area (Å²) in [5, 5.41) is 3.35. The van der Waals surface area contributed by atoms with Gasteiger partial charge in [-0.3, -0.25) is 9.59 Å². The first-order valence-corrected chi connectivity index (χ1v) is 8.98. The van der Waals surface area contributed by atoms with Gasteiger partial charge in [0.2, 0.25) is 11.5 Å². The first-order chi connectivity index (χ1) is 13.0. The molecule has 4 rings (SSSR count). The second-order valence-corrected chi connectivity index (χ2v) is 6.94. The lowest BCUT2D eigenvalue weighted by atomic mass is 10.2. The Hall–Kier alpha value is -3.13. The summed E-state index contributed by atoms with van der Waals surface area (Å²) in [5.74, 6) is -0.444. The number of fused-ring (bicyclic) bond motifs is 3. The molecule has 2 heterocycles. The number of rotatable bonds is 4. The number of benzene rings is 2. The lowest BCUT2D eigenvalue weighted by Crippen LogP contribution is -2.40. The standard InChI is InChI=1S/C19H14BrN3O4/c20-12-7-5-11(6-8-12)9-21-15(24)10-23-18(25)17-16(22-19(23)26)13-3-1-2-4-14(13)27-17/h1-8H,9-10H2,(H,21,24)(H,22,26). The van der Waals surface area contributed by atoms with Gasteiger partial charge in [0.15, 0.2) is 0 Å². The fraction of sp³-hybridized carbons (Fsp3) is 0.105. The molecule has 0 atom stereocenters. The van der Waals surface area contributed by atoms with E-state index in [0.717, 1.165) is 14.6 Å². The molecule has 0 aliphatic heterocycles. The van der Waals surface area contributed by atoms with Crippen molar-refractivity contribution in [3.63, 3.8) is 0 Å². The number of furan rings is 1. The summed E-state index contributed by atoms with van der Waals surface area (Å²) >= 11 is 3.35. The Morgan fingerprint density at radius 2 is 1.85 bits per heavy atom. The lowest BCUT2D eigenvalue weighted by molar-refractivity contribution is -0.121. The third-order valence-electron chi connectivity index (χ3n) is 4.22. The molecule has 0 spiro atoms. The summed E-state index contributed by atoms with van der Waals surface area (Å²) in [4.78, 5) is 39.8. The molecule has 1 amide bonds. The lowest BCUT2D eigenvalue weighted by Gasteiger charge is -2.07. The molecule has 136 valence electrons. The fourth-order valence-electron chi connectivity index (χ4n) is 2.86. The summed E-state index contributed by atoms with van der Waals surface area (Å²) in [7, 11) is 0. The van der Waals surface area contributed by atoms with E-state index < -0.39 is 23.7 Å². The van der Waals surface area contributed by atoms with Crippen molar-refractivity contribution in [3.05, 3.63) is 79.4 Å². The third kappa shape index (κ3) is 3.31.